The van der Waals surface area contributed by atoms with Crippen molar-refractivity contribution in [2.45, 2.75) is 39.5 Å². The molecule has 1 N–H and O–H groups in total. The van der Waals surface area contributed by atoms with Crippen LogP contribution in [0.3, 0.4) is 0 Å². The summed E-state index contributed by atoms with van der Waals surface area (Å²) in [4.78, 5) is 12.4. The van der Waals surface area contributed by atoms with Gasteiger partial charge in [-0.1, -0.05) is 30.3 Å². The quantitative estimate of drug-likeness (QED) is 0.694. The Hall–Kier alpha value is -3.22. The van der Waals surface area contributed by atoms with Crippen molar-refractivity contribution in [3.8, 4) is 5.75 Å². The summed E-state index contributed by atoms with van der Waals surface area (Å²) in [6.07, 6.45) is 0. The first-order chi connectivity index (χ1) is 13.0. The van der Waals surface area contributed by atoms with Gasteiger partial charge in [-0.3, -0.25) is 4.79 Å². The molecular weight excluding hydrogens is 342 g/mol. The molecule has 2 aromatic carbocycles. The van der Waals surface area contributed by atoms with Crippen LogP contribution >= 0.6 is 0 Å². The summed E-state index contributed by atoms with van der Waals surface area (Å²) in [5.74, 6) is 1.19. The molecule has 0 aliphatic rings. The maximum atomic E-state index is 12.4. The van der Waals surface area contributed by atoms with E-state index >= 15 is 0 Å². The van der Waals surface area contributed by atoms with Gasteiger partial charge in [-0.2, -0.15) is 0 Å². The van der Waals surface area contributed by atoms with Gasteiger partial charge in [0.15, 0.2) is 5.82 Å². The summed E-state index contributed by atoms with van der Waals surface area (Å²) < 4.78 is 7.45. The van der Waals surface area contributed by atoms with E-state index in [1.807, 2.05) is 51.1 Å². The molecule has 0 aliphatic carbocycles. The number of hydrogen-bond acceptors (Lipinski definition) is 5. The standard InChI is InChI=1S/C20H23N5O2/c1-14(2)25-19(22-23-24-25)13-27-18-11-9-17(10-12-18)20(26)21-15(3)16-7-5-4-6-8-16/h4-12,14-15H,13H2,1-3H3,(H,21,26). The minimum absolute atomic E-state index is 0.0653. The van der Waals surface area contributed by atoms with Crippen molar-refractivity contribution in [3.05, 3.63) is 71.5 Å². The highest BCUT2D eigenvalue weighted by molar-refractivity contribution is 5.94. The molecule has 0 saturated carbocycles. The first-order valence-electron chi connectivity index (χ1n) is 8.90. The second kappa shape index (κ2) is 8.44. The third-order valence-corrected chi connectivity index (χ3v) is 4.18. The van der Waals surface area contributed by atoms with E-state index in [2.05, 4.69) is 20.8 Å². The van der Waals surface area contributed by atoms with Crippen molar-refractivity contribution < 1.29 is 9.53 Å². The number of benzene rings is 2. The summed E-state index contributed by atoms with van der Waals surface area (Å²) in [7, 11) is 0. The van der Waals surface area contributed by atoms with Crippen molar-refractivity contribution in [2.75, 3.05) is 0 Å². The SMILES string of the molecule is CC(NC(=O)c1ccc(OCc2nnnn2C(C)C)cc1)c1ccccc1. The maximum absolute atomic E-state index is 12.4. The molecule has 0 bridgehead atoms. The van der Waals surface area contributed by atoms with Gasteiger partial charge in [0.05, 0.1) is 12.1 Å². The largest absolute Gasteiger partial charge is 0.486 e. The number of rotatable bonds is 7. The highest BCUT2D eigenvalue weighted by Crippen LogP contribution is 2.16. The van der Waals surface area contributed by atoms with Gasteiger partial charge >= 0.3 is 0 Å². The van der Waals surface area contributed by atoms with E-state index in [0.717, 1.165) is 5.56 Å². The Morgan fingerprint density at radius 2 is 1.78 bits per heavy atom. The predicted molar refractivity (Wildman–Crippen MR) is 101 cm³/mol. The Bertz CT molecular complexity index is 875. The molecule has 0 radical (unpaired) electrons. The highest BCUT2D eigenvalue weighted by atomic mass is 16.5. The molecule has 1 amide bonds. The Morgan fingerprint density at radius 3 is 2.44 bits per heavy atom. The third kappa shape index (κ3) is 4.69. The van der Waals surface area contributed by atoms with Gasteiger partial charge in [-0.05, 0) is 61.0 Å². The molecule has 1 unspecified atom stereocenters. The lowest BCUT2D eigenvalue weighted by molar-refractivity contribution is 0.0940. The number of carbonyl (C=O) groups excluding carboxylic acids is 1. The zero-order valence-electron chi connectivity index (χ0n) is 15.7. The van der Waals surface area contributed by atoms with E-state index in [1.54, 1.807) is 28.9 Å². The first-order valence-corrected chi connectivity index (χ1v) is 8.90. The van der Waals surface area contributed by atoms with Crippen molar-refractivity contribution in [2.24, 2.45) is 0 Å². The van der Waals surface area contributed by atoms with Crippen LogP contribution in [0.25, 0.3) is 0 Å². The Balaban J connectivity index is 1.58. The zero-order chi connectivity index (χ0) is 19.2. The topological polar surface area (TPSA) is 81.9 Å². The van der Waals surface area contributed by atoms with E-state index in [4.69, 9.17) is 4.74 Å². The van der Waals surface area contributed by atoms with Gasteiger partial charge in [-0.15, -0.1) is 5.10 Å². The molecule has 3 aromatic rings. The lowest BCUT2D eigenvalue weighted by Gasteiger charge is -2.14. The number of hydrogen-bond donors (Lipinski definition) is 1. The highest BCUT2D eigenvalue weighted by Gasteiger charge is 2.12. The second-order valence-corrected chi connectivity index (χ2v) is 6.55. The summed E-state index contributed by atoms with van der Waals surface area (Å²) in [6, 6.07) is 17.0. The van der Waals surface area contributed by atoms with E-state index in [9.17, 15) is 4.79 Å². The molecule has 0 saturated heterocycles. The normalized spacial score (nSPS) is 12.0. The van der Waals surface area contributed by atoms with Crippen molar-refractivity contribution in [1.82, 2.24) is 25.5 Å². The number of carbonyl (C=O) groups is 1. The van der Waals surface area contributed by atoms with Crippen LogP contribution in [0, 0.1) is 0 Å². The monoisotopic (exact) mass is 365 g/mol. The molecule has 3 rings (SSSR count). The Morgan fingerprint density at radius 1 is 1.07 bits per heavy atom. The zero-order valence-corrected chi connectivity index (χ0v) is 15.7. The molecule has 27 heavy (non-hydrogen) atoms. The number of nitrogens with one attached hydrogen (secondary N) is 1. The van der Waals surface area contributed by atoms with Crippen molar-refractivity contribution in [1.29, 1.82) is 0 Å². The van der Waals surface area contributed by atoms with Gasteiger partial charge in [0.2, 0.25) is 0 Å². The predicted octanol–water partition coefficient (Wildman–Crippen LogP) is 3.32. The molecule has 1 aromatic heterocycles. The number of aromatic nitrogens is 4. The number of amides is 1. The molecule has 1 atom stereocenters. The molecular formula is C20H23N5O2. The molecule has 0 aliphatic heterocycles. The van der Waals surface area contributed by atoms with Gasteiger partial charge in [0.25, 0.3) is 5.91 Å². The van der Waals surface area contributed by atoms with Crippen molar-refractivity contribution >= 4 is 5.91 Å². The maximum Gasteiger partial charge on any atom is 0.251 e. The van der Waals surface area contributed by atoms with Crippen LogP contribution in [0.4, 0.5) is 0 Å². The van der Waals surface area contributed by atoms with Crippen molar-refractivity contribution in [3.63, 3.8) is 0 Å². The minimum Gasteiger partial charge on any atom is -0.486 e. The van der Waals surface area contributed by atoms with Crippen LogP contribution in [0.15, 0.2) is 54.6 Å². The van der Waals surface area contributed by atoms with Gasteiger partial charge in [-0.25, -0.2) is 4.68 Å². The first kappa shape index (κ1) is 18.6. The number of tetrazole rings is 1. The number of nitrogens with zero attached hydrogens (tertiary/aromatic N) is 4. The summed E-state index contributed by atoms with van der Waals surface area (Å²) in [5, 5.41) is 14.6. The van der Waals surface area contributed by atoms with Crippen LogP contribution in [0.2, 0.25) is 0 Å². The molecule has 7 nitrogen and oxygen atoms in total. The fourth-order valence-electron chi connectivity index (χ4n) is 2.66. The minimum atomic E-state index is -0.123. The average molecular weight is 365 g/mol. The van der Waals surface area contributed by atoms with E-state index < -0.39 is 0 Å². The average Bonchev–Trinajstić information content (AvgIpc) is 3.16. The van der Waals surface area contributed by atoms with E-state index in [1.165, 1.54) is 0 Å². The van der Waals surface area contributed by atoms with Gasteiger partial charge in [0.1, 0.15) is 12.4 Å². The van der Waals surface area contributed by atoms with Crippen LogP contribution in [0.5, 0.6) is 5.75 Å². The smallest absolute Gasteiger partial charge is 0.251 e. The van der Waals surface area contributed by atoms with Gasteiger partial charge in [0, 0.05) is 5.56 Å². The van der Waals surface area contributed by atoms with Crippen LogP contribution in [0.1, 0.15) is 54.6 Å². The lowest BCUT2D eigenvalue weighted by Crippen LogP contribution is -2.26. The lowest BCUT2D eigenvalue weighted by atomic mass is 10.1. The molecule has 140 valence electrons. The van der Waals surface area contributed by atoms with E-state index in [-0.39, 0.29) is 24.6 Å². The Kier molecular flexibility index (Phi) is 5.80. The molecule has 0 spiro atoms. The number of ether oxygens (including phenoxy) is 1. The fourth-order valence-corrected chi connectivity index (χ4v) is 2.66. The van der Waals surface area contributed by atoms with Crippen LogP contribution < -0.4 is 10.1 Å². The van der Waals surface area contributed by atoms with Crippen LogP contribution in [-0.4, -0.2) is 26.1 Å². The Labute approximate surface area is 158 Å². The third-order valence-electron chi connectivity index (χ3n) is 4.18. The van der Waals surface area contributed by atoms with E-state index in [0.29, 0.717) is 17.1 Å². The van der Waals surface area contributed by atoms with Crippen LogP contribution in [-0.2, 0) is 6.61 Å². The summed E-state index contributed by atoms with van der Waals surface area (Å²) in [6.45, 7) is 6.23. The summed E-state index contributed by atoms with van der Waals surface area (Å²) >= 11 is 0. The molecule has 1 heterocycles. The molecule has 0 fully saturated rings. The summed E-state index contributed by atoms with van der Waals surface area (Å²) in [5.41, 5.74) is 1.64. The second-order valence-electron chi connectivity index (χ2n) is 6.55. The van der Waals surface area contributed by atoms with Gasteiger partial charge < -0.3 is 10.1 Å². The molecule has 7 heteroatoms. The fraction of sp³-hybridized carbons (Fsp3) is 0.300.